The molecule has 2 aliphatic heterocycles. The lowest BCUT2D eigenvalue weighted by Crippen LogP contribution is -2.46. The summed E-state index contributed by atoms with van der Waals surface area (Å²) < 4.78 is 53.6. The van der Waals surface area contributed by atoms with Gasteiger partial charge in [-0.1, -0.05) is 0 Å². The van der Waals surface area contributed by atoms with Crippen LogP contribution in [0.3, 0.4) is 0 Å². The van der Waals surface area contributed by atoms with Crippen LogP contribution in [-0.2, 0) is 17.4 Å². The highest BCUT2D eigenvalue weighted by atomic mass is 19.4. The van der Waals surface area contributed by atoms with Crippen molar-refractivity contribution in [1.29, 1.82) is 0 Å². The molecular formula is C25H24F4N6O. The largest absolute Gasteiger partial charge is 0.433 e. The second-order valence-corrected chi connectivity index (χ2v) is 9.43. The molecule has 2 aliphatic rings. The van der Waals surface area contributed by atoms with Crippen molar-refractivity contribution in [3.63, 3.8) is 0 Å². The van der Waals surface area contributed by atoms with Crippen molar-refractivity contribution in [2.24, 2.45) is 0 Å². The van der Waals surface area contributed by atoms with Gasteiger partial charge in [0.2, 0.25) is 5.91 Å². The molecule has 3 aromatic rings. The summed E-state index contributed by atoms with van der Waals surface area (Å²) in [6.07, 6.45) is 1.31. The van der Waals surface area contributed by atoms with Gasteiger partial charge in [0.15, 0.2) is 5.82 Å². The van der Waals surface area contributed by atoms with Crippen LogP contribution >= 0.6 is 0 Å². The van der Waals surface area contributed by atoms with Gasteiger partial charge >= 0.3 is 6.18 Å². The zero-order valence-electron chi connectivity index (χ0n) is 19.7. The van der Waals surface area contributed by atoms with E-state index in [0.29, 0.717) is 37.6 Å². The number of nitrogens with zero attached hydrogens (tertiary/aromatic N) is 5. The Morgan fingerprint density at radius 2 is 1.92 bits per heavy atom. The van der Waals surface area contributed by atoms with Crippen LogP contribution < -0.4 is 5.32 Å². The van der Waals surface area contributed by atoms with Crippen LogP contribution in [0.2, 0.25) is 0 Å². The van der Waals surface area contributed by atoms with Gasteiger partial charge in [0, 0.05) is 36.6 Å². The van der Waals surface area contributed by atoms with Crippen molar-refractivity contribution in [3.05, 3.63) is 65.1 Å². The summed E-state index contributed by atoms with van der Waals surface area (Å²) in [4.78, 5) is 31.3. The van der Waals surface area contributed by atoms with Crippen LogP contribution in [-0.4, -0.2) is 49.4 Å². The quantitative estimate of drug-likeness (QED) is 0.532. The Morgan fingerprint density at radius 3 is 2.64 bits per heavy atom. The van der Waals surface area contributed by atoms with E-state index < -0.39 is 35.1 Å². The highest BCUT2D eigenvalue weighted by Gasteiger charge is 2.44. The third kappa shape index (κ3) is 4.38. The molecule has 0 saturated carbocycles. The summed E-state index contributed by atoms with van der Waals surface area (Å²) in [5.74, 6) is -1.07. The van der Waals surface area contributed by atoms with Crippen LogP contribution in [0.25, 0.3) is 11.4 Å². The molecule has 11 heteroatoms. The number of aryl methyl sites for hydroxylation is 2. The molecule has 36 heavy (non-hydrogen) atoms. The van der Waals surface area contributed by atoms with E-state index in [1.165, 1.54) is 6.92 Å². The van der Waals surface area contributed by atoms with E-state index in [2.05, 4.69) is 20.3 Å². The predicted octanol–water partition coefficient (Wildman–Crippen LogP) is 4.53. The average Bonchev–Trinajstić information content (AvgIpc) is 3.26. The van der Waals surface area contributed by atoms with Gasteiger partial charge in [-0.25, -0.2) is 24.3 Å². The maximum atomic E-state index is 14.3. The zero-order chi connectivity index (χ0) is 25.7. The topological polar surface area (TPSA) is 83.9 Å². The molecule has 1 N–H and O–H groups in total. The molecule has 0 radical (unpaired) electrons. The summed E-state index contributed by atoms with van der Waals surface area (Å²) in [5.41, 5.74) is 0.743. The number of aromatic nitrogens is 4. The Balaban J connectivity index is 1.33. The van der Waals surface area contributed by atoms with Crippen LogP contribution in [0.5, 0.6) is 0 Å². The summed E-state index contributed by atoms with van der Waals surface area (Å²) in [6.45, 7) is 4.09. The minimum absolute atomic E-state index is 0.307. The molecule has 1 fully saturated rings. The van der Waals surface area contributed by atoms with Crippen LogP contribution in [0.4, 0.5) is 23.4 Å². The number of amides is 1. The van der Waals surface area contributed by atoms with E-state index >= 15 is 0 Å². The first-order valence-corrected chi connectivity index (χ1v) is 11.6. The fraction of sp³-hybridized carbons (Fsp3) is 0.400. The first-order valence-electron chi connectivity index (χ1n) is 11.6. The van der Waals surface area contributed by atoms with Gasteiger partial charge in [0.05, 0.1) is 23.3 Å². The van der Waals surface area contributed by atoms with Gasteiger partial charge in [-0.2, -0.15) is 13.2 Å². The Hall–Kier alpha value is -3.63. The molecule has 188 valence electrons. The number of pyridine rings is 2. The lowest BCUT2D eigenvalue weighted by molar-refractivity contribution is -0.141. The molecule has 5 heterocycles. The van der Waals surface area contributed by atoms with Gasteiger partial charge in [0.25, 0.3) is 0 Å². The molecule has 1 saturated heterocycles. The van der Waals surface area contributed by atoms with Gasteiger partial charge in [0.1, 0.15) is 17.3 Å². The summed E-state index contributed by atoms with van der Waals surface area (Å²) in [5, 5.41) is 3.52. The normalized spacial score (nSPS) is 20.2. The molecule has 3 aromatic heterocycles. The Bertz CT molecular complexity index is 1320. The molecule has 0 bridgehead atoms. The third-order valence-electron chi connectivity index (χ3n) is 7.03. The molecule has 7 nitrogen and oxygen atoms in total. The Kier molecular flexibility index (Phi) is 5.88. The fourth-order valence-electron chi connectivity index (χ4n) is 5.01. The van der Waals surface area contributed by atoms with Crippen LogP contribution in [0, 0.1) is 12.7 Å². The summed E-state index contributed by atoms with van der Waals surface area (Å²) in [6, 6.07) is 4.42. The smallest absolute Gasteiger partial charge is 0.363 e. The minimum Gasteiger partial charge on any atom is -0.363 e. The first-order chi connectivity index (χ1) is 17.1. The molecule has 5 rings (SSSR count). The number of hydrogen-bond donors (Lipinski definition) is 1. The maximum absolute atomic E-state index is 14.3. The Morgan fingerprint density at radius 1 is 1.17 bits per heavy atom. The van der Waals surface area contributed by atoms with Crippen LogP contribution in [0.15, 0.2) is 36.8 Å². The van der Waals surface area contributed by atoms with Crippen molar-refractivity contribution in [3.8, 4) is 11.4 Å². The average molecular weight is 501 g/mol. The molecule has 0 aliphatic carbocycles. The molecule has 2 atom stereocenters. The number of carbonyl (C=O) groups excluding carboxylic acids is 1. The van der Waals surface area contributed by atoms with E-state index in [9.17, 15) is 22.4 Å². The predicted molar refractivity (Wildman–Crippen MR) is 123 cm³/mol. The Labute approximate surface area is 205 Å². The van der Waals surface area contributed by atoms with Crippen molar-refractivity contribution >= 4 is 11.7 Å². The van der Waals surface area contributed by atoms with Crippen LogP contribution in [0.1, 0.15) is 48.2 Å². The SMILES string of the molecule is Cc1nc2c(cc1-c1ncccn1)CC[C@@]1(CCN(C(=O)C(C)c3cc(C(F)(F)F)ncc3F)C1)N2. The highest BCUT2D eigenvalue weighted by molar-refractivity contribution is 5.84. The third-order valence-corrected chi connectivity index (χ3v) is 7.03. The number of carbonyl (C=O) groups is 1. The molecular weight excluding hydrogens is 476 g/mol. The summed E-state index contributed by atoms with van der Waals surface area (Å²) in [7, 11) is 0. The van der Waals surface area contributed by atoms with E-state index in [-0.39, 0.29) is 5.56 Å². The van der Waals surface area contributed by atoms with Crippen molar-refractivity contribution in [1.82, 2.24) is 24.8 Å². The second-order valence-electron chi connectivity index (χ2n) is 9.43. The lowest BCUT2D eigenvalue weighted by atomic mass is 9.86. The molecule has 1 spiro atoms. The number of likely N-dealkylation sites (tertiary alicyclic amines) is 1. The second kappa shape index (κ2) is 8.79. The monoisotopic (exact) mass is 500 g/mol. The molecule has 1 amide bonds. The number of nitrogens with one attached hydrogen (secondary N) is 1. The highest BCUT2D eigenvalue weighted by Crippen LogP contribution is 2.39. The van der Waals surface area contributed by atoms with Gasteiger partial charge in [-0.05, 0) is 56.9 Å². The van der Waals surface area contributed by atoms with Crippen molar-refractivity contribution in [2.45, 2.75) is 50.7 Å². The fourth-order valence-corrected chi connectivity index (χ4v) is 5.01. The van der Waals surface area contributed by atoms with Crippen molar-refractivity contribution in [2.75, 3.05) is 18.4 Å². The first kappa shape index (κ1) is 24.1. The zero-order valence-corrected chi connectivity index (χ0v) is 19.7. The number of hydrogen-bond acceptors (Lipinski definition) is 6. The van der Waals surface area contributed by atoms with E-state index in [0.717, 1.165) is 35.5 Å². The number of halogens is 4. The number of anilines is 1. The van der Waals surface area contributed by atoms with Gasteiger partial charge in [-0.3, -0.25) is 4.79 Å². The standard InChI is InChI=1S/C25H24F4N6O/c1-14(17-11-20(25(27,28)29)32-12-19(17)26)23(36)35-9-6-24(13-35)5-4-16-10-18(15(2)33-21(16)34-24)22-30-7-3-8-31-22/h3,7-8,10-12,14H,4-6,9,13H2,1-2H3,(H,33,34)/t14?,24-/m0/s1. The number of fused-ring (bicyclic) bond motifs is 1. The van der Waals surface area contributed by atoms with Crippen molar-refractivity contribution < 1.29 is 22.4 Å². The molecule has 1 unspecified atom stereocenters. The number of rotatable bonds is 3. The maximum Gasteiger partial charge on any atom is 0.433 e. The van der Waals surface area contributed by atoms with E-state index in [1.54, 1.807) is 23.4 Å². The molecule has 0 aromatic carbocycles. The summed E-state index contributed by atoms with van der Waals surface area (Å²) >= 11 is 0. The van der Waals surface area contributed by atoms with E-state index in [4.69, 9.17) is 4.98 Å². The van der Waals surface area contributed by atoms with E-state index in [1.807, 2.05) is 13.0 Å². The number of alkyl halides is 3. The minimum atomic E-state index is -4.72. The lowest BCUT2D eigenvalue weighted by Gasteiger charge is -2.36. The van der Waals surface area contributed by atoms with Gasteiger partial charge in [-0.15, -0.1) is 0 Å². The van der Waals surface area contributed by atoms with Gasteiger partial charge < -0.3 is 10.2 Å².